The zero-order chi connectivity index (χ0) is 14.3. The fourth-order valence-corrected chi connectivity index (χ4v) is 2.22. The Bertz CT molecular complexity index is 344. The predicted molar refractivity (Wildman–Crippen MR) is 69.5 cm³/mol. The highest BCUT2D eigenvalue weighted by Gasteiger charge is 2.33. The van der Waals surface area contributed by atoms with Crippen molar-refractivity contribution in [3.8, 4) is 0 Å². The molecule has 1 rings (SSSR count). The first kappa shape index (κ1) is 15.5. The van der Waals surface area contributed by atoms with E-state index in [0.717, 1.165) is 19.3 Å². The Morgan fingerprint density at radius 2 is 2.05 bits per heavy atom. The molecule has 108 valence electrons. The van der Waals surface area contributed by atoms with Crippen LogP contribution in [-0.2, 0) is 14.4 Å². The van der Waals surface area contributed by atoms with Crippen molar-refractivity contribution in [2.75, 3.05) is 13.1 Å². The van der Waals surface area contributed by atoms with Gasteiger partial charge in [-0.1, -0.05) is 19.8 Å². The first-order chi connectivity index (χ1) is 9.06. The van der Waals surface area contributed by atoms with Gasteiger partial charge in [0.2, 0.25) is 11.8 Å². The van der Waals surface area contributed by atoms with Crippen LogP contribution in [0.25, 0.3) is 0 Å². The smallest absolute Gasteiger partial charge is 0.326 e. The molecule has 1 atom stereocenters. The van der Waals surface area contributed by atoms with Crippen LogP contribution in [0.5, 0.6) is 0 Å². The number of nitrogens with one attached hydrogen (secondary N) is 1. The van der Waals surface area contributed by atoms with Crippen molar-refractivity contribution >= 4 is 17.8 Å². The van der Waals surface area contributed by atoms with Crippen LogP contribution >= 0.6 is 0 Å². The molecule has 0 aromatic carbocycles. The molecule has 2 amide bonds. The molecular formula is C13H22N2O4. The number of carboxylic acids is 1. The zero-order valence-corrected chi connectivity index (χ0v) is 11.4. The Labute approximate surface area is 113 Å². The molecule has 0 bridgehead atoms. The van der Waals surface area contributed by atoms with Crippen molar-refractivity contribution in [3.63, 3.8) is 0 Å². The van der Waals surface area contributed by atoms with Gasteiger partial charge in [0.15, 0.2) is 0 Å². The molecular weight excluding hydrogens is 248 g/mol. The van der Waals surface area contributed by atoms with E-state index in [4.69, 9.17) is 5.11 Å². The molecule has 0 aromatic rings. The maximum absolute atomic E-state index is 11.8. The van der Waals surface area contributed by atoms with E-state index in [1.54, 1.807) is 0 Å². The summed E-state index contributed by atoms with van der Waals surface area (Å²) in [5.74, 6) is -1.43. The number of hydrogen-bond donors (Lipinski definition) is 2. The largest absolute Gasteiger partial charge is 0.480 e. The van der Waals surface area contributed by atoms with Gasteiger partial charge in [-0.3, -0.25) is 9.59 Å². The Morgan fingerprint density at radius 1 is 1.32 bits per heavy atom. The molecule has 0 aromatic heterocycles. The van der Waals surface area contributed by atoms with Crippen molar-refractivity contribution in [1.82, 2.24) is 10.2 Å². The standard InChI is InChI=1S/C13H22N2O4/c1-2-3-4-7-11(16)14-9-12(17)15-8-5-6-10(15)13(18)19/h10H,2-9H2,1H3,(H,14,16)(H,18,19). The molecule has 6 heteroatoms. The Kier molecular flexibility index (Phi) is 6.32. The van der Waals surface area contributed by atoms with Crippen LogP contribution in [0.2, 0.25) is 0 Å². The second-order valence-corrected chi connectivity index (χ2v) is 4.82. The van der Waals surface area contributed by atoms with Crippen LogP contribution in [0, 0.1) is 0 Å². The van der Waals surface area contributed by atoms with Gasteiger partial charge in [-0.15, -0.1) is 0 Å². The maximum Gasteiger partial charge on any atom is 0.326 e. The van der Waals surface area contributed by atoms with Crippen LogP contribution in [0.4, 0.5) is 0 Å². The van der Waals surface area contributed by atoms with Crippen molar-refractivity contribution < 1.29 is 19.5 Å². The van der Waals surface area contributed by atoms with Crippen LogP contribution in [0.1, 0.15) is 45.4 Å². The molecule has 1 unspecified atom stereocenters. The lowest BCUT2D eigenvalue weighted by molar-refractivity contribution is -0.148. The second-order valence-electron chi connectivity index (χ2n) is 4.82. The SMILES string of the molecule is CCCCCC(=O)NCC(=O)N1CCCC1C(=O)O. The molecule has 1 aliphatic rings. The van der Waals surface area contributed by atoms with Gasteiger partial charge in [0.25, 0.3) is 0 Å². The third kappa shape index (κ3) is 4.89. The monoisotopic (exact) mass is 270 g/mol. The first-order valence-electron chi connectivity index (χ1n) is 6.85. The molecule has 1 heterocycles. The van der Waals surface area contributed by atoms with Crippen molar-refractivity contribution in [2.45, 2.75) is 51.5 Å². The third-order valence-electron chi connectivity index (χ3n) is 3.30. The van der Waals surface area contributed by atoms with Gasteiger partial charge in [-0.05, 0) is 19.3 Å². The number of nitrogens with zero attached hydrogens (tertiary/aromatic N) is 1. The van der Waals surface area contributed by atoms with E-state index in [1.807, 2.05) is 0 Å². The number of rotatable bonds is 7. The highest BCUT2D eigenvalue weighted by molar-refractivity contribution is 5.88. The molecule has 1 saturated heterocycles. The summed E-state index contributed by atoms with van der Waals surface area (Å²) >= 11 is 0. The van der Waals surface area contributed by atoms with Crippen molar-refractivity contribution in [1.29, 1.82) is 0 Å². The first-order valence-corrected chi connectivity index (χ1v) is 6.85. The average Bonchev–Trinajstić information content (AvgIpc) is 2.85. The van der Waals surface area contributed by atoms with Gasteiger partial charge in [0.1, 0.15) is 6.04 Å². The number of carbonyl (C=O) groups excluding carboxylic acids is 2. The number of hydrogen-bond acceptors (Lipinski definition) is 3. The van der Waals surface area contributed by atoms with Gasteiger partial charge in [0.05, 0.1) is 6.54 Å². The molecule has 1 fully saturated rings. The highest BCUT2D eigenvalue weighted by atomic mass is 16.4. The lowest BCUT2D eigenvalue weighted by Gasteiger charge is -2.21. The molecule has 0 radical (unpaired) electrons. The summed E-state index contributed by atoms with van der Waals surface area (Å²) in [6.45, 7) is 2.41. The number of amides is 2. The van der Waals surface area contributed by atoms with Gasteiger partial charge in [0, 0.05) is 13.0 Å². The molecule has 2 N–H and O–H groups in total. The zero-order valence-electron chi connectivity index (χ0n) is 11.4. The van der Waals surface area contributed by atoms with E-state index in [0.29, 0.717) is 25.8 Å². The highest BCUT2D eigenvalue weighted by Crippen LogP contribution is 2.17. The number of aliphatic carboxylic acids is 1. The minimum atomic E-state index is -0.972. The maximum atomic E-state index is 11.8. The number of carboxylic acid groups (broad SMARTS) is 1. The van der Waals surface area contributed by atoms with Crippen LogP contribution in [0.3, 0.4) is 0 Å². The molecule has 0 spiro atoms. The lowest BCUT2D eigenvalue weighted by atomic mass is 10.2. The van der Waals surface area contributed by atoms with Gasteiger partial charge < -0.3 is 15.3 Å². The van der Waals surface area contributed by atoms with E-state index < -0.39 is 12.0 Å². The normalized spacial score (nSPS) is 18.4. The van der Waals surface area contributed by atoms with Crippen LogP contribution in [0.15, 0.2) is 0 Å². The summed E-state index contributed by atoms with van der Waals surface area (Å²) in [7, 11) is 0. The Balaban J connectivity index is 2.30. The molecule has 6 nitrogen and oxygen atoms in total. The van der Waals surface area contributed by atoms with E-state index in [2.05, 4.69) is 12.2 Å². The topological polar surface area (TPSA) is 86.7 Å². The Hall–Kier alpha value is -1.59. The van der Waals surface area contributed by atoms with Crippen molar-refractivity contribution in [3.05, 3.63) is 0 Å². The summed E-state index contributed by atoms with van der Waals surface area (Å²) in [4.78, 5) is 35.6. The summed E-state index contributed by atoms with van der Waals surface area (Å²) in [5.41, 5.74) is 0. The fraction of sp³-hybridized carbons (Fsp3) is 0.769. The summed E-state index contributed by atoms with van der Waals surface area (Å²) < 4.78 is 0. The molecule has 1 aliphatic heterocycles. The Morgan fingerprint density at radius 3 is 2.68 bits per heavy atom. The van der Waals surface area contributed by atoms with E-state index in [1.165, 1.54) is 4.90 Å². The van der Waals surface area contributed by atoms with E-state index in [-0.39, 0.29) is 18.4 Å². The number of carbonyl (C=O) groups is 3. The van der Waals surface area contributed by atoms with Crippen LogP contribution < -0.4 is 5.32 Å². The van der Waals surface area contributed by atoms with Gasteiger partial charge in [-0.25, -0.2) is 4.79 Å². The second kappa shape index (κ2) is 7.76. The van der Waals surface area contributed by atoms with Gasteiger partial charge in [-0.2, -0.15) is 0 Å². The number of unbranched alkanes of at least 4 members (excludes halogenated alkanes) is 2. The molecule has 0 saturated carbocycles. The minimum absolute atomic E-state index is 0.102. The average molecular weight is 270 g/mol. The summed E-state index contributed by atoms with van der Waals surface area (Å²) in [6.07, 6.45) is 4.47. The van der Waals surface area contributed by atoms with Crippen molar-refractivity contribution in [2.24, 2.45) is 0 Å². The fourth-order valence-electron chi connectivity index (χ4n) is 2.22. The minimum Gasteiger partial charge on any atom is -0.480 e. The summed E-state index contributed by atoms with van der Waals surface area (Å²) in [5, 5.41) is 11.5. The molecule has 19 heavy (non-hydrogen) atoms. The summed E-state index contributed by atoms with van der Waals surface area (Å²) in [6, 6.07) is -0.732. The van der Waals surface area contributed by atoms with Gasteiger partial charge >= 0.3 is 5.97 Å². The predicted octanol–water partition coefficient (Wildman–Crippen LogP) is 0.758. The third-order valence-corrected chi connectivity index (χ3v) is 3.30. The molecule has 0 aliphatic carbocycles. The van der Waals surface area contributed by atoms with E-state index in [9.17, 15) is 14.4 Å². The van der Waals surface area contributed by atoms with E-state index >= 15 is 0 Å². The van der Waals surface area contributed by atoms with Crippen LogP contribution in [-0.4, -0.2) is 46.9 Å². The lowest BCUT2D eigenvalue weighted by Crippen LogP contribution is -2.45. The quantitative estimate of drug-likeness (QED) is 0.669. The number of likely N-dealkylation sites (tertiary alicyclic amines) is 1.